The number of hydrogen-bond acceptors (Lipinski definition) is 4. The smallest absolute Gasteiger partial charge is 0.410 e. The predicted molar refractivity (Wildman–Crippen MR) is 100.0 cm³/mol. The molecule has 1 aliphatic heterocycles. The summed E-state index contributed by atoms with van der Waals surface area (Å²) in [5.74, 6) is 0.677. The molecule has 0 unspecified atom stereocenters. The number of ether oxygens (including phenoxy) is 2. The van der Waals surface area contributed by atoms with Gasteiger partial charge in [0.1, 0.15) is 11.4 Å². The largest absolute Gasteiger partial charge is 0.497 e. The number of likely N-dealkylation sites (tertiary alicyclic amines) is 1. The van der Waals surface area contributed by atoms with Crippen LogP contribution in [0, 0.1) is 5.92 Å². The fraction of sp³-hybridized carbons (Fsp3) is 0.600. The molecule has 6 heteroatoms. The second-order valence-electron chi connectivity index (χ2n) is 7.81. The van der Waals surface area contributed by atoms with Crippen LogP contribution < -0.4 is 4.74 Å². The van der Waals surface area contributed by atoms with E-state index in [1.165, 1.54) is 0 Å². The van der Waals surface area contributed by atoms with Crippen LogP contribution in [-0.4, -0.2) is 54.6 Å². The molecule has 0 N–H and O–H groups in total. The summed E-state index contributed by atoms with van der Waals surface area (Å²) in [6, 6.07) is 7.68. The third kappa shape index (κ3) is 5.64. The highest BCUT2D eigenvalue weighted by Crippen LogP contribution is 2.22. The molecule has 1 aromatic carbocycles. The Bertz CT molecular complexity index is 622. The van der Waals surface area contributed by atoms with Crippen molar-refractivity contribution in [3.8, 4) is 5.75 Å². The highest BCUT2D eigenvalue weighted by Gasteiger charge is 2.32. The number of carbonyl (C=O) groups excluding carboxylic acids is 2. The topological polar surface area (TPSA) is 59.1 Å². The zero-order valence-corrected chi connectivity index (χ0v) is 16.4. The average molecular weight is 362 g/mol. The lowest BCUT2D eigenvalue weighted by Gasteiger charge is -2.35. The number of carbonyl (C=O) groups is 2. The maximum atomic E-state index is 12.8. The molecule has 0 bridgehead atoms. The first-order chi connectivity index (χ1) is 12.2. The van der Waals surface area contributed by atoms with Gasteiger partial charge in [0.25, 0.3) is 0 Å². The van der Waals surface area contributed by atoms with Crippen LogP contribution in [0.3, 0.4) is 0 Å². The standard InChI is InChI=1S/C20H30N2O4/c1-20(2,3)26-19(24)22-12-6-7-16(14-22)18(23)21(4)13-15-8-10-17(25-5)11-9-15/h8-11,16H,6-7,12-14H2,1-5H3/t16-/m0/s1. The van der Waals surface area contributed by atoms with Crippen LogP contribution in [-0.2, 0) is 16.1 Å². The maximum absolute atomic E-state index is 12.8. The predicted octanol–water partition coefficient (Wildman–Crippen LogP) is 3.30. The van der Waals surface area contributed by atoms with Gasteiger partial charge >= 0.3 is 6.09 Å². The lowest BCUT2D eigenvalue weighted by atomic mass is 9.96. The lowest BCUT2D eigenvalue weighted by molar-refractivity contribution is -0.136. The zero-order valence-electron chi connectivity index (χ0n) is 16.4. The van der Waals surface area contributed by atoms with Crippen molar-refractivity contribution in [3.63, 3.8) is 0 Å². The lowest BCUT2D eigenvalue weighted by Crippen LogP contribution is -2.47. The van der Waals surface area contributed by atoms with Gasteiger partial charge in [0.15, 0.2) is 0 Å². The summed E-state index contributed by atoms with van der Waals surface area (Å²) in [5.41, 5.74) is 0.514. The van der Waals surface area contributed by atoms with E-state index in [1.54, 1.807) is 24.0 Å². The number of benzene rings is 1. The third-order valence-electron chi connectivity index (χ3n) is 4.38. The minimum absolute atomic E-state index is 0.0640. The molecule has 0 spiro atoms. The Morgan fingerprint density at radius 2 is 1.88 bits per heavy atom. The van der Waals surface area contributed by atoms with E-state index in [0.29, 0.717) is 19.6 Å². The SMILES string of the molecule is COc1ccc(CN(C)C(=O)[C@H]2CCCN(C(=O)OC(C)(C)C)C2)cc1. The summed E-state index contributed by atoms with van der Waals surface area (Å²) in [7, 11) is 3.43. The number of methoxy groups -OCH3 is 1. The Kier molecular flexibility index (Phi) is 6.51. The Balaban J connectivity index is 1.93. The molecule has 1 aliphatic rings. The van der Waals surface area contributed by atoms with Crippen molar-refractivity contribution in [3.05, 3.63) is 29.8 Å². The monoisotopic (exact) mass is 362 g/mol. The fourth-order valence-corrected chi connectivity index (χ4v) is 3.07. The molecule has 26 heavy (non-hydrogen) atoms. The van der Waals surface area contributed by atoms with Gasteiger partial charge in [-0.1, -0.05) is 12.1 Å². The van der Waals surface area contributed by atoms with Crippen molar-refractivity contribution in [2.75, 3.05) is 27.2 Å². The molecule has 0 radical (unpaired) electrons. The van der Waals surface area contributed by atoms with Crippen LogP contribution in [0.15, 0.2) is 24.3 Å². The molecule has 0 aromatic heterocycles. The first-order valence-corrected chi connectivity index (χ1v) is 9.05. The van der Waals surface area contributed by atoms with E-state index < -0.39 is 5.60 Å². The van der Waals surface area contributed by atoms with Crippen LogP contribution in [0.25, 0.3) is 0 Å². The van der Waals surface area contributed by atoms with E-state index >= 15 is 0 Å². The quantitative estimate of drug-likeness (QED) is 0.825. The summed E-state index contributed by atoms with van der Waals surface area (Å²) in [4.78, 5) is 28.5. The summed E-state index contributed by atoms with van der Waals surface area (Å²) < 4.78 is 10.6. The molecule has 2 amide bonds. The van der Waals surface area contributed by atoms with Crippen molar-refractivity contribution in [2.45, 2.75) is 45.8 Å². The van der Waals surface area contributed by atoms with Gasteiger partial charge in [-0.15, -0.1) is 0 Å². The Morgan fingerprint density at radius 1 is 1.23 bits per heavy atom. The van der Waals surface area contributed by atoms with E-state index in [0.717, 1.165) is 24.2 Å². The van der Waals surface area contributed by atoms with Gasteiger partial charge in [-0.2, -0.15) is 0 Å². The van der Waals surface area contributed by atoms with Gasteiger partial charge < -0.3 is 19.3 Å². The van der Waals surface area contributed by atoms with Crippen molar-refractivity contribution < 1.29 is 19.1 Å². The highest BCUT2D eigenvalue weighted by atomic mass is 16.6. The molecule has 1 fully saturated rings. The Hall–Kier alpha value is -2.24. The first kappa shape index (κ1) is 20.1. The van der Waals surface area contributed by atoms with Crippen LogP contribution in [0.4, 0.5) is 4.79 Å². The molecule has 1 atom stereocenters. The van der Waals surface area contributed by atoms with E-state index in [1.807, 2.05) is 45.0 Å². The number of rotatable bonds is 4. The van der Waals surface area contributed by atoms with Crippen LogP contribution in [0.1, 0.15) is 39.2 Å². The third-order valence-corrected chi connectivity index (χ3v) is 4.38. The van der Waals surface area contributed by atoms with E-state index in [-0.39, 0.29) is 17.9 Å². The number of piperidine rings is 1. The maximum Gasteiger partial charge on any atom is 0.410 e. The van der Waals surface area contributed by atoms with Crippen molar-refractivity contribution in [2.24, 2.45) is 5.92 Å². The van der Waals surface area contributed by atoms with Crippen LogP contribution in [0.5, 0.6) is 5.75 Å². The molecule has 1 aromatic rings. The number of hydrogen-bond donors (Lipinski definition) is 0. The van der Waals surface area contributed by atoms with Gasteiger partial charge in [-0.25, -0.2) is 4.79 Å². The molecule has 1 saturated heterocycles. The minimum atomic E-state index is -0.529. The van der Waals surface area contributed by atoms with E-state index in [4.69, 9.17) is 9.47 Å². The number of amides is 2. The van der Waals surface area contributed by atoms with Gasteiger partial charge in [0.05, 0.1) is 13.0 Å². The van der Waals surface area contributed by atoms with Gasteiger partial charge in [-0.05, 0) is 51.3 Å². The Morgan fingerprint density at radius 3 is 2.46 bits per heavy atom. The second kappa shape index (κ2) is 8.43. The van der Waals surface area contributed by atoms with Gasteiger partial charge in [0, 0.05) is 26.7 Å². The molecule has 0 saturated carbocycles. The average Bonchev–Trinajstić information content (AvgIpc) is 2.60. The fourth-order valence-electron chi connectivity index (χ4n) is 3.07. The first-order valence-electron chi connectivity index (χ1n) is 9.05. The summed E-state index contributed by atoms with van der Waals surface area (Å²) >= 11 is 0. The second-order valence-corrected chi connectivity index (χ2v) is 7.81. The van der Waals surface area contributed by atoms with Crippen LogP contribution in [0.2, 0.25) is 0 Å². The van der Waals surface area contributed by atoms with Crippen molar-refractivity contribution >= 4 is 12.0 Å². The summed E-state index contributed by atoms with van der Waals surface area (Å²) in [6.07, 6.45) is 1.27. The summed E-state index contributed by atoms with van der Waals surface area (Å²) in [6.45, 7) is 7.13. The number of nitrogens with zero attached hydrogens (tertiary/aromatic N) is 2. The van der Waals surface area contributed by atoms with Crippen LogP contribution >= 0.6 is 0 Å². The molecule has 2 rings (SSSR count). The van der Waals surface area contributed by atoms with E-state index in [2.05, 4.69) is 0 Å². The minimum Gasteiger partial charge on any atom is -0.497 e. The van der Waals surface area contributed by atoms with Gasteiger partial charge in [-0.3, -0.25) is 4.79 Å². The molecule has 0 aliphatic carbocycles. The molecule has 6 nitrogen and oxygen atoms in total. The Labute approximate surface area is 156 Å². The normalized spacial score (nSPS) is 17.6. The summed E-state index contributed by atoms with van der Waals surface area (Å²) in [5, 5.41) is 0. The van der Waals surface area contributed by atoms with Crippen molar-refractivity contribution in [1.29, 1.82) is 0 Å². The molecule has 144 valence electrons. The molecular weight excluding hydrogens is 332 g/mol. The zero-order chi connectivity index (χ0) is 19.3. The molecule has 1 heterocycles. The van der Waals surface area contributed by atoms with E-state index in [9.17, 15) is 9.59 Å². The molecular formula is C20H30N2O4. The highest BCUT2D eigenvalue weighted by molar-refractivity contribution is 5.80. The van der Waals surface area contributed by atoms with Crippen molar-refractivity contribution in [1.82, 2.24) is 9.80 Å². The van der Waals surface area contributed by atoms with Gasteiger partial charge in [0.2, 0.25) is 5.91 Å².